The number of halogens is 1. The first-order chi connectivity index (χ1) is 21.2. The van der Waals surface area contributed by atoms with Gasteiger partial charge in [-0.15, -0.1) is 0 Å². The van der Waals surface area contributed by atoms with Crippen LogP contribution in [0, 0.1) is 6.92 Å². The SMILES string of the molecule is Cc1c(COc2cc(OCCN3CC[C@@H](O)C3)c(CN[C@](C)(CO)C(=O)O)cc2Cl)cccc1-c1ccc2c(c1)OCCO2. The van der Waals surface area contributed by atoms with Gasteiger partial charge in [0.2, 0.25) is 0 Å². The highest BCUT2D eigenvalue weighted by Crippen LogP contribution is 2.37. The Balaban J connectivity index is 1.33. The molecule has 0 spiro atoms. The molecule has 236 valence electrons. The molecule has 2 heterocycles. The highest BCUT2D eigenvalue weighted by Gasteiger charge is 2.32. The molecule has 3 aromatic rings. The Morgan fingerprint density at radius 3 is 2.61 bits per heavy atom. The Labute approximate surface area is 262 Å². The number of aliphatic carboxylic acids is 1. The first-order valence-corrected chi connectivity index (χ1v) is 15.1. The van der Waals surface area contributed by atoms with E-state index in [1.54, 1.807) is 12.1 Å². The summed E-state index contributed by atoms with van der Waals surface area (Å²) in [7, 11) is 0. The van der Waals surface area contributed by atoms with Crippen LogP contribution in [0.4, 0.5) is 0 Å². The third kappa shape index (κ3) is 7.39. The van der Waals surface area contributed by atoms with Crippen molar-refractivity contribution in [3.05, 3.63) is 70.2 Å². The molecule has 0 saturated carbocycles. The molecule has 0 aromatic heterocycles. The third-order valence-electron chi connectivity index (χ3n) is 8.17. The number of ether oxygens (including phenoxy) is 4. The molecule has 0 amide bonds. The molecule has 1 saturated heterocycles. The van der Waals surface area contributed by atoms with Crippen molar-refractivity contribution in [1.29, 1.82) is 0 Å². The van der Waals surface area contributed by atoms with Gasteiger partial charge in [-0.2, -0.15) is 0 Å². The van der Waals surface area contributed by atoms with E-state index in [1.807, 2.05) is 37.3 Å². The van der Waals surface area contributed by atoms with Crippen LogP contribution in [-0.4, -0.2) is 83.9 Å². The molecule has 44 heavy (non-hydrogen) atoms. The fourth-order valence-corrected chi connectivity index (χ4v) is 5.51. The van der Waals surface area contributed by atoms with Crippen molar-refractivity contribution >= 4 is 17.6 Å². The summed E-state index contributed by atoms with van der Waals surface area (Å²) in [5, 5.41) is 32.3. The Morgan fingerprint density at radius 2 is 1.89 bits per heavy atom. The van der Waals surface area contributed by atoms with E-state index in [2.05, 4.69) is 16.3 Å². The van der Waals surface area contributed by atoms with Crippen molar-refractivity contribution in [3.63, 3.8) is 0 Å². The van der Waals surface area contributed by atoms with Crippen molar-refractivity contribution in [3.8, 4) is 34.1 Å². The molecule has 2 aliphatic rings. The number of hydrogen-bond donors (Lipinski definition) is 4. The van der Waals surface area contributed by atoms with Crippen LogP contribution < -0.4 is 24.3 Å². The van der Waals surface area contributed by atoms with E-state index in [-0.39, 0.29) is 19.3 Å². The smallest absolute Gasteiger partial charge is 0.326 e. The summed E-state index contributed by atoms with van der Waals surface area (Å²) in [5.41, 5.74) is 3.20. The number of rotatable bonds is 13. The quantitative estimate of drug-likeness (QED) is 0.221. The van der Waals surface area contributed by atoms with E-state index in [1.165, 1.54) is 6.92 Å². The number of hydrogen-bond acceptors (Lipinski definition) is 9. The number of fused-ring (bicyclic) bond motifs is 1. The molecule has 2 atom stereocenters. The van der Waals surface area contributed by atoms with E-state index in [4.69, 9.17) is 30.5 Å². The molecule has 2 aliphatic heterocycles. The maximum atomic E-state index is 11.7. The summed E-state index contributed by atoms with van der Waals surface area (Å²) in [6.07, 6.45) is 0.409. The Bertz CT molecular complexity index is 1480. The molecule has 0 aliphatic carbocycles. The normalized spacial score (nSPS) is 17.7. The summed E-state index contributed by atoms with van der Waals surface area (Å²) in [5.74, 6) is 1.21. The fourth-order valence-electron chi connectivity index (χ4n) is 5.27. The average molecular weight is 627 g/mol. The topological polar surface area (TPSA) is 130 Å². The molecule has 0 unspecified atom stereocenters. The van der Waals surface area contributed by atoms with E-state index in [0.717, 1.165) is 46.7 Å². The average Bonchev–Trinajstić information content (AvgIpc) is 3.44. The lowest BCUT2D eigenvalue weighted by molar-refractivity contribution is -0.145. The molecule has 5 rings (SSSR count). The van der Waals surface area contributed by atoms with Crippen LogP contribution in [0.3, 0.4) is 0 Å². The second kappa shape index (κ2) is 14.0. The number of likely N-dealkylation sites (tertiary alicyclic amines) is 1. The number of carboxylic acid groups (broad SMARTS) is 1. The Hall–Kier alpha value is -3.54. The number of β-amino-alcohol motifs (C(OH)–C–C–N with tert-alkyl or cyclic N) is 1. The van der Waals surface area contributed by atoms with Gasteiger partial charge >= 0.3 is 5.97 Å². The monoisotopic (exact) mass is 626 g/mol. The van der Waals surface area contributed by atoms with E-state index in [0.29, 0.717) is 55.0 Å². The summed E-state index contributed by atoms with van der Waals surface area (Å²) in [6, 6.07) is 15.4. The van der Waals surface area contributed by atoms with Crippen molar-refractivity contribution in [2.45, 2.75) is 45.1 Å². The van der Waals surface area contributed by atoms with Gasteiger partial charge in [-0.25, -0.2) is 0 Å². The van der Waals surface area contributed by atoms with Crippen LogP contribution in [0.2, 0.25) is 5.02 Å². The first-order valence-electron chi connectivity index (χ1n) is 14.7. The zero-order valence-corrected chi connectivity index (χ0v) is 25.7. The lowest BCUT2D eigenvalue weighted by Gasteiger charge is -2.25. The summed E-state index contributed by atoms with van der Waals surface area (Å²) >= 11 is 6.67. The molecular formula is C33H39ClN2O8. The van der Waals surface area contributed by atoms with Crippen LogP contribution in [0.15, 0.2) is 48.5 Å². The van der Waals surface area contributed by atoms with Gasteiger partial charge in [0.1, 0.15) is 43.5 Å². The molecule has 1 fully saturated rings. The lowest BCUT2D eigenvalue weighted by atomic mass is 9.96. The zero-order chi connectivity index (χ0) is 31.3. The van der Waals surface area contributed by atoms with Crippen molar-refractivity contribution < 1.29 is 39.1 Å². The number of aliphatic hydroxyl groups is 2. The maximum absolute atomic E-state index is 11.7. The largest absolute Gasteiger partial charge is 0.492 e. The number of benzene rings is 3. The fraction of sp³-hybridized carbons (Fsp3) is 0.424. The molecule has 4 N–H and O–H groups in total. The summed E-state index contributed by atoms with van der Waals surface area (Å²) in [4.78, 5) is 13.8. The number of carboxylic acids is 1. The molecule has 10 nitrogen and oxygen atoms in total. The highest BCUT2D eigenvalue weighted by molar-refractivity contribution is 6.32. The molecule has 3 aromatic carbocycles. The first kappa shape index (κ1) is 31.9. The molecule has 0 bridgehead atoms. The zero-order valence-electron chi connectivity index (χ0n) is 25.0. The second-order valence-electron chi connectivity index (χ2n) is 11.4. The molecule has 11 heteroatoms. The van der Waals surface area contributed by atoms with Gasteiger partial charge in [0.15, 0.2) is 11.5 Å². The minimum Gasteiger partial charge on any atom is -0.492 e. The number of aliphatic hydroxyl groups excluding tert-OH is 2. The van der Waals surface area contributed by atoms with Crippen LogP contribution in [-0.2, 0) is 17.9 Å². The van der Waals surface area contributed by atoms with Crippen LogP contribution in [0.1, 0.15) is 30.0 Å². The Kier molecular flexibility index (Phi) is 10.2. The minimum atomic E-state index is -1.54. The van der Waals surface area contributed by atoms with E-state index >= 15 is 0 Å². The highest BCUT2D eigenvalue weighted by atomic mass is 35.5. The molecular weight excluding hydrogens is 588 g/mol. The molecule has 0 radical (unpaired) electrons. The van der Waals surface area contributed by atoms with Crippen molar-refractivity contribution in [2.24, 2.45) is 0 Å². The van der Waals surface area contributed by atoms with Gasteiger partial charge in [0, 0.05) is 37.8 Å². The van der Waals surface area contributed by atoms with Crippen molar-refractivity contribution in [2.75, 3.05) is 46.1 Å². The standard InChI is InChI=1S/C33H39ClN2O8/c1-21-23(4-3-5-26(21)22-6-7-28-31(15-22)43-13-12-42-28)19-44-30-16-29(41-11-10-36-9-8-25(38)18-36)24(14-27(30)34)17-35-33(2,20-37)32(39)40/h3-7,14-16,25,35,37-38H,8-13,17-20H2,1-2H3,(H,39,40)/t25-,33-/m1/s1. The van der Waals surface area contributed by atoms with Crippen LogP contribution in [0.5, 0.6) is 23.0 Å². The van der Waals surface area contributed by atoms with Crippen molar-refractivity contribution in [1.82, 2.24) is 10.2 Å². The lowest BCUT2D eigenvalue weighted by Crippen LogP contribution is -2.52. The van der Waals surface area contributed by atoms with Gasteiger partial charge in [-0.05, 0) is 60.7 Å². The maximum Gasteiger partial charge on any atom is 0.326 e. The second-order valence-corrected chi connectivity index (χ2v) is 11.8. The number of carbonyl (C=O) groups is 1. The third-order valence-corrected chi connectivity index (χ3v) is 8.46. The van der Waals surface area contributed by atoms with Gasteiger partial charge in [0.25, 0.3) is 0 Å². The Morgan fingerprint density at radius 1 is 1.09 bits per heavy atom. The summed E-state index contributed by atoms with van der Waals surface area (Å²) in [6.45, 7) is 6.66. The van der Waals surface area contributed by atoms with E-state index in [9.17, 15) is 20.1 Å². The van der Waals surface area contributed by atoms with Crippen LogP contribution >= 0.6 is 11.6 Å². The predicted molar refractivity (Wildman–Crippen MR) is 166 cm³/mol. The number of nitrogens with zero attached hydrogens (tertiary/aromatic N) is 1. The predicted octanol–water partition coefficient (Wildman–Crippen LogP) is 4.04. The van der Waals surface area contributed by atoms with Gasteiger partial charge in [-0.1, -0.05) is 35.9 Å². The number of nitrogens with one attached hydrogen (secondary N) is 1. The van der Waals surface area contributed by atoms with Crippen LogP contribution in [0.25, 0.3) is 11.1 Å². The van der Waals surface area contributed by atoms with Gasteiger partial charge in [-0.3, -0.25) is 15.0 Å². The summed E-state index contributed by atoms with van der Waals surface area (Å²) < 4.78 is 23.8. The van der Waals surface area contributed by atoms with Gasteiger partial charge in [0.05, 0.1) is 17.7 Å². The van der Waals surface area contributed by atoms with Gasteiger partial charge < -0.3 is 34.3 Å². The minimum absolute atomic E-state index is 0.0950. The van der Waals surface area contributed by atoms with E-state index < -0.39 is 18.1 Å².